The van der Waals surface area contributed by atoms with Gasteiger partial charge in [0.1, 0.15) is 18.0 Å². The smallest absolute Gasteiger partial charge is 0.271 e. The van der Waals surface area contributed by atoms with E-state index in [9.17, 15) is 9.90 Å². The second-order valence-electron chi connectivity index (χ2n) is 6.01. The summed E-state index contributed by atoms with van der Waals surface area (Å²) in [6.45, 7) is 5.29. The van der Waals surface area contributed by atoms with E-state index in [1.54, 1.807) is 0 Å². The highest BCUT2D eigenvalue weighted by atomic mass is 16.5. The molecule has 2 N–H and O–H groups in total. The molecule has 0 bridgehead atoms. The number of rotatable bonds is 6. The summed E-state index contributed by atoms with van der Waals surface area (Å²) in [6.07, 6.45) is 1.50. The van der Waals surface area contributed by atoms with E-state index in [4.69, 9.17) is 4.74 Å². The van der Waals surface area contributed by atoms with Crippen molar-refractivity contribution in [2.24, 2.45) is 5.10 Å². The van der Waals surface area contributed by atoms with Gasteiger partial charge in [-0.1, -0.05) is 36.4 Å². The maximum Gasteiger partial charge on any atom is 0.271 e. The van der Waals surface area contributed by atoms with E-state index in [0.29, 0.717) is 12.4 Å². The van der Waals surface area contributed by atoms with Crippen LogP contribution in [0.1, 0.15) is 30.5 Å². The van der Waals surface area contributed by atoms with Gasteiger partial charge in [0, 0.05) is 5.56 Å². The van der Waals surface area contributed by atoms with Crippen molar-refractivity contribution in [1.29, 1.82) is 0 Å². The van der Waals surface area contributed by atoms with Gasteiger partial charge in [-0.3, -0.25) is 4.79 Å². The molecule has 126 valence electrons. The van der Waals surface area contributed by atoms with Crippen LogP contribution in [0, 0.1) is 6.92 Å². The zero-order chi connectivity index (χ0) is 17.6. The van der Waals surface area contributed by atoms with Crippen LogP contribution in [0.15, 0.2) is 53.6 Å². The number of aryl methyl sites for hydroxylation is 1. The van der Waals surface area contributed by atoms with Crippen LogP contribution in [-0.2, 0) is 11.4 Å². The van der Waals surface area contributed by atoms with Crippen LogP contribution in [0.5, 0.6) is 5.75 Å². The molecule has 0 spiro atoms. The number of ether oxygens (including phenoxy) is 1. The normalized spacial score (nSPS) is 11.5. The molecular formula is C19H22N2O3. The molecule has 0 atom stereocenters. The molecular weight excluding hydrogens is 304 g/mol. The molecule has 2 aromatic rings. The Balaban J connectivity index is 2.05. The predicted molar refractivity (Wildman–Crippen MR) is 94.0 cm³/mol. The fraction of sp³-hybridized carbons (Fsp3) is 0.263. The van der Waals surface area contributed by atoms with Crippen LogP contribution >= 0.6 is 0 Å². The van der Waals surface area contributed by atoms with Gasteiger partial charge in [0.15, 0.2) is 0 Å². The van der Waals surface area contributed by atoms with Crippen molar-refractivity contribution in [3.63, 3.8) is 0 Å². The van der Waals surface area contributed by atoms with Crippen LogP contribution in [-0.4, -0.2) is 22.8 Å². The molecule has 0 saturated heterocycles. The first-order chi connectivity index (χ1) is 11.4. The fourth-order valence-corrected chi connectivity index (χ4v) is 1.94. The van der Waals surface area contributed by atoms with Crippen LogP contribution in [0.4, 0.5) is 0 Å². The predicted octanol–water partition coefficient (Wildman–Crippen LogP) is 2.80. The minimum atomic E-state index is -1.47. The van der Waals surface area contributed by atoms with Gasteiger partial charge < -0.3 is 9.84 Å². The maximum absolute atomic E-state index is 11.6. The quantitative estimate of drug-likeness (QED) is 0.633. The Morgan fingerprint density at radius 1 is 1.21 bits per heavy atom. The highest BCUT2D eigenvalue weighted by molar-refractivity contribution is 5.87. The molecule has 0 aliphatic carbocycles. The van der Waals surface area contributed by atoms with Crippen molar-refractivity contribution in [2.75, 3.05) is 0 Å². The summed E-state index contributed by atoms with van der Waals surface area (Å²) in [5, 5.41) is 13.4. The van der Waals surface area contributed by atoms with Crippen molar-refractivity contribution in [1.82, 2.24) is 5.43 Å². The lowest BCUT2D eigenvalue weighted by Gasteiger charge is -2.14. The van der Waals surface area contributed by atoms with Crippen molar-refractivity contribution in [3.8, 4) is 5.75 Å². The Morgan fingerprint density at radius 3 is 2.58 bits per heavy atom. The number of carbonyl (C=O) groups excluding carboxylic acids is 1. The number of nitrogens with one attached hydrogen (secondary N) is 1. The highest BCUT2D eigenvalue weighted by Crippen LogP contribution is 2.18. The van der Waals surface area contributed by atoms with Gasteiger partial charge in [-0.2, -0.15) is 5.10 Å². The van der Waals surface area contributed by atoms with Crippen molar-refractivity contribution >= 4 is 12.1 Å². The molecule has 0 saturated carbocycles. The molecule has 0 heterocycles. The molecule has 2 rings (SSSR count). The van der Waals surface area contributed by atoms with Crippen molar-refractivity contribution in [2.45, 2.75) is 33.0 Å². The van der Waals surface area contributed by atoms with Crippen LogP contribution < -0.4 is 10.2 Å². The summed E-state index contributed by atoms with van der Waals surface area (Å²) in [6, 6.07) is 15.5. The summed E-state index contributed by atoms with van der Waals surface area (Å²) in [5.74, 6) is 0.0964. The van der Waals surface area contributed by atoms with Gasteiger partial charge in [-0.25, -0.2) is 5.43 Å². The van der Waals surface area contributed by atoms with Crippen LogP contribution in [0.25, 0.3) is 0 Å². The van der Waals surface area contributed by atoms with E-state index >= 15 is 0 Å². The summed E-state index contributed by atoms with van der Waals surface area (Å²) in [4.78, 5) is 11.6. The van der Waals surface area contributed by atoms with Gasteiger partial charge in [0.05, 0.1) is 6.21 Å². The molecule has 0 radical (unpaired) electrons. The summed E-state index contributed by atoms with van der Waals surface area (Å²) >= 11 is 0. The molecule has 0 aliphatic rings. The molecule has 2 aromatic carbocycles. The zero-order valence-corrected chi connectivity index (χ0v) is 14.1. The average molecular weight is 326 g/mol. The summed E-state index contributed by atoms with van der Waals surface area (Å²) < 4.78 is 5.88. The van der Waals surface area contributed by atoms with E-state index in [0.717, 1.165) is 11.1 Å². The third-order valence-electron chi connectivity index (χ3n) is 3.49. The Kier molecular flexibility index (Phi) is 5.71. The van der Waals surface area contributed by atoms with E-state index in [1.165, 1.54) is 25.6 Å². The highest BCUT2D eigenvalue weighted by Gasteiger charge is 2.22. The number of nitrogens with zero attached hydrogens (tertiary/aromatic N) is 1. The zero-order valence-electron chi connectivity index (χ0n) is 14.1. The first kappa shape index (κ1) is 17.7. The third-order valence-corrected chi connectivity index (χ3v) is 3.49. The minimum Gasteiger partial charge on any atom is -0.488 e. The number of aliphatic hydroxyl groups is 1. The molecule has 0 aliphatic heterocycles. The van der Waals surface area contributed by atoms with E-state index < -0.39 is 11.5 Å². The number of para-hydroxylation sites is 1. The minimum absolute atomic E-state index is 0.452. The molecule has 0 unspecified atom stereocenters. The largest absolute Gasteiger partial charge is 0.488 e. The summed E-state index contributed by atoms with van der Waals surface area (Å²) in [7, 11) is 0. The lowest BCUT2D eigenvalue weighted by Crippen LogP contribution is -2.39. The van der Waals surface area contributed by atoms with Gasteiger partial charge in [-0.15, -0.1) is 0 Å². The molecule has 5 nitrogen and oxygen atoms in total. The van der Waals surface area contributed by atoms with Crippen molar-refractivity contribution in [3.05, 3.63) is 65.2 Å². The van der Waals surface area contributed by atoms with Gasteiger partial charge in [-0.05, 0) is 44.0 Å². The first-order valence-electron chi connectivity index (χ1n) is 7.70. The molecule has 1 amide bonds. The number of hydrogen-bond donors (Lipinski definition) is 2. The van der Waals surface area contributed by atoms with E-state index in [1.807, 2.05) is 55.5 Å². The average Bonchev–Trinajstić information content (AvgIpc) is 2.54. The Morgan fingerprint density at radius 2 is 1.88 bits per heavy atom. The number of amides is 1. The van der Waals surface area contributed by atoms with E-state index in [2.05, 4.69) is 10.5 Å². The number of benzene rings is 2. The summed E-state index contributed by atoms with van der Waals surface area (Å²) in [5.41, 5.74) is 3.85. The number of carbonyl (C=O) groups is 1. The van der Waals surface area contributed by atoms with Crippen molar-refractivity contribution < 1.29 is 14.6 Å². The maximum atomic E-state index is 11.6. The van der Waals surface area contributed by atoms with Gasteiger partial charge >= 0.3 is 0 Å². The Bertz CT molecular complexity index is 733. The molecule has 0 aromatic heterocycles. The number of hydrazone groups is 1. The molecule has 0 fully saturated rings. The number of hydrogen-bond acceptors (Lipinski definition) is 4. The van der Waals surface area contributed by atoms with Gasteiger partial charge in [0.25, 0.3) is 5.91 Å². The monoisotopic (exact) mass is 326 g/mol. The lowest BCUT2D eigenvalue weighted by atomic mass is 10.1. The van der Waals surface area contributed by atoms with Crippen LogP contribution in [0.2, 0.25) is 0 Å². The first-order valence-corrected chi connectivity index (χ1v) is 7.70. The van der Waals surface area contributed by atoms with Crippen LogP contribution in [0.3, 0.4) is 0 Å². The molecule has 24 heavy (non-hydrogen) atoms. The SMILES string of the molecule is Cc1ccccc1COc1ccccc1/C=N/NC(=O)C(C)(C)O. The standard InChI is InChI=1S/C19H22N2O3/c1-14-8-4-5-10-16(14)13-24-17-11-7-6-9-15(17)12-20-21-18(22)19(2,3)23/h4-12,23H,13H2,1-3H3,(H,21,22)/b20-12+. The Labute approximate surface area is 142 Å². The van der Waals surface area contributed by atoms with E-state index in [-0.39, 0.29) is 0 Å². The lowest BCUT2D eigenvalue weighted by molar-refractivity contribution is -0.136. The second kappa shape index (κ2) is 7.75. The second-order valence-corrected chi connectivity index (χ2v) is 6.01. The van der Waals surface area contributed by atoms with Gasteiger partial charge in [0.2, 0.25) is 0 Å². The third kappa shape index (κ3) is 4.93. The molecule has 5 heteroatoms. The Hall–Kier alpha value is -2.66. The topological polar surface area (TPSA) is 70.9 Å². The fourth-order valence-electron chi connectivity index (χ4n) is 1.94.